The van der Waals surface area contributed by atoms with Gasteiger partial charge in [-0.05, 0) is 49.7 Å². The number of aryl methyl sites for hydroxylation is 1. The minimum absolute atomic E-state index is 0.139. The minimum Gasteiger partial charge on any atom is -0.311 e. The zero-order valence-corrected chi connectivity index (χ0v) is 16.6. The predicted molar refractivity (Wildman–Crippen MR) is 103 cm³/mol. The minimum atomic E-state index is -3.77. The van der Waals surface area contributed by atoms with E-state index in [0.29, 0.717) is 13.0 Å². The summed E-state index contributed by atoms with van der Waals surface area (Å²) in [6.07, 6.45) is 0.550. The molecule has 0 aliphatic carbocycles. The predicted octanol–water partition coefficient (Wildman–Crippen LogP) is 1.91. The molecule has 0 radical (unpaired) electrons. The van der Waals surface area contributed by atoms with E-state index in [0.717, 1.165) is 11.1 Å². The fourth-order valence-corrected chi connectivity index (χ4v) is 7.98. The summed E-state index contributed by atoms with van der Waals surface area (Å²) in [5, 5.41) is 2.07. The molecule has 1 aliphatic heterocycles. The van der Waals surface area contributed by atoms with Crippen LogP contribution in [0.4, 0.5) is 4.39 Å². The van der Waals surface area contributed by atoms with E-state index in [1.165, 1.54) is 24.3 Å². The third-order valence-corrected chi connectivity index (χ3v) is 8.95. The lowest BCUT2D eigenvalue weighted by molar-refractivity contribution is 0.528. The molecule has 5 nitrogen and oxygen atoms in total. The quantitative estimate of drug-likeness (QED) is 0.785. The second kappa shape index (κ2) is 7.69. The van der Waals surface area contributed by atoms with Crippen molar-refractivity contribution in [2.45, 2.75) is 29.5 Å². The Labute approximate surface area is 159 Å². The van der Waals surface area contributed by atoms with E-state index in [-0.39, 0.29) is 22.2 Å². The van der Waals surface area contributed by atoms with Crippen molar-refractivity contribution in [2.75, 3.05) is 18.1 Å². The van der Waals surface area contributed by atoms with Crippen molar-refractivity contribution < 1.29 is 21.2 Å². The zero-order valence-electron chi connectivity index (χ0n) is 14.9. The Balaban J connectivity index is 1.74. The molecule has 8 heteroatoms. The molecule has 1 fully saturated rings. The van der Waals surface area contributed by atoms with Crippen LogP contribution < -0.4 is 5.32 Å². The SMILES string of the molecule is Cc1ccc(S(=O)(=O)[C@@H]2CS(=O)(=O)C[C@H]2NCCc2ccc(F)cc2)cc1. The van der Waals surface area contributed by atoms with Gasteiger partial charge in [0.1, 0.15) is 5.82 Å². The molecular formula is C19H22FNO4S2. The first-order valence-corrected chi connectivity index (χ1v) is 12.0. The standard InChI is InChI=1S/C19H22FNO4S2/c1-14-2-8-17(9-3-14)27(24,25)19-13-26(22,23)12-18(19)21-11-10-15-4-6-16(20)7-5-15/h2-9,18-19,21H,10-13H2,1H3/t18-,19-/m1/s1. The Kier molecular flexibility index (Phi) is 5.69. The molecule has 27 heavy (non-hydrogen) atoms. The summed E-state index contributed by atoms with van der Waals surface area (Å²) in [6.45, 7) is 2.27. The molecule has 146 valence electrons. The van der Waals surface area contributed by atoms with Gasteiger partial charge in [0.05, 0.1) is 21.7 Å². The number of hydrogen-bond donors (Lipinski definition) is 1. The molecule has 1 saturated heterocycles. The Morgan fingerprint density at radius 1 is 1.04 bits per heavy atom. The van der Waals surface area contributed by atoms with Gasteiger partial charge in [-0.2, -0.15) is 0 Å². The normalized spacial score (nSPS) is 22.0. The summed E-state index contributed by atoms with van der Waals surface area (Å²) < 4.78 is 63.1. The fourth-order valence-electron chi connectivity index (χ4n) is 3.27. The molecule has 0 spiro atoms. The van der Waals surface area contributed by atoms with Gasteiger partial charge in [-0.3, -0.25) is 0 Å². The van der Waals surface area contributed by atoms with E-state index < -0.39 is 31.0 Å². The number of nitrogens with one attached hydrogen (secondary N) is 1. The second-order valence-electron chi connectivity index (χ2n) is 6.91. The van der Waals surface area contributed by atoms with Crippen LogP contribution in [0.3, 0.4) is 0 Å². The van der Waals surface area contributed by atoms with Gasteiger partial charge in [-0.1, -0.05) is 29.8 Å². The Bertz CT molecular complexity index is 1000. The molecular weight excluding hydrogens is 389 g/mol. The van der Waals surface area contributed by atoms with Crippen LogP contribution in [0, 0.1) is 12.7 Å². The third kappa shape index (κ3) is 4.75. The first-order chi connectivity index (χ1) is 12.7. The van der Waals surface area contributed by atoms with Crippen LogP contribution >= 0.6 is 0 Å². The molecule has 0 saturated carbocycles. The molecule has 0 aromatic heterocycles. The van der Waals surface area contributed by atoms with E-state index >= 15 is 0 Å². The summed E-state index contributed by atoms with van der Waals surface area (Å²) in [7, 11) is -7.20. The van der Waals surface area contributed by atoms with E-state index in [1.54, 1.807) is 24.3 Å². The third-order valence-electron chi connectivity index (χ3n) is 4.78. The average Bonchev–Trinajstić information content (AvgIpc) is 2.92. The van der Waals surface area contributed by atoms with Crippen molar-refractivity contribution in [1.29, 1.82) is 0 Å². The van der Waals surface area contributed by atoms with Crippen molar-refractivity contribution in [3.05, 3.63) is 65.5 Å². The largest absolute Gasteiger partial charge is 0.311 e. The maximum atomic E-state index is 13.0. The molecule has 1 aliphatic rings. The highest BCUT2D eigenvalue weighted by molar-refractivity contribution is 7.96. The average molecular weight is 412 g/mol. The topological polar surface area (TPSA) is 80.3 Å². The molecule has 1 heterocycles. The van der Waals surface area contributed by atoms with Crippen molar-refractivity contribution >= 4 is 19.7 Å². The van der Waals surface area contributed by atoms with Gasteiger partial charge in [0.2, 0.25) is 0 Å². The van der Waals surface area contributed by atoms with Crippen molar-refractivity contribution in [1.82, 2.24) is 5.32 Å². The lowest BCUT2D eigenvalue weighted by atomic mass is 10.1. The van der Waals surface area contributed by atoms with Crippen LogP contribution in [0.5, 0.6) is 0 Å². The van der Waals surface area contributed by atoms with Gasteiger partial charge in [0.15, 0.2) is 19.7 Å². The van der Waals surface area contributed by atoms with Crippen LogP contribution in [-0.4, -0.2) is 46.2 Å². The highest BCUT2D eigenvalue weighted by Crippen LogP contribution is 2.26. The molecule has 0 amide bonds. The van der Waals surface area contributed by atoms with Gasteiger partial charge in [0, 0.05) is 6.04 Å². The van der Waals surface area contributed by atoms with E-state index in [4.69, 9.17) is 0 Å². The molecule has 2 aromatic rings. The second-order valence-corrected chi connectivity index (χ2v) is 11.2. The lowest BCUT2D eigenvalue weighted by Crippen LogP contribution is -2.44. The van der Waals surface area contributed by atoms with Gasteiger partial charge in [-0.25, -0.2) is 21.2 Å². The Hall–Kier alpha value is -1.77. The van der Waals surface area contributed by atoms with Crippen molar-refractivity contribution in [2.24, 2.45) is 0 Å². The van der Waals surface area contributed by atoms with E-state index in [1.807, 2.05) is 6.92 Å². The first kappa shape index (κ1) is 20.0. The summed E-state index contributed by atoms with van der Waals surface area (Å²) in [4.78, 5) is 0.139. The molecule has 0 bridgehead atoms. The van der Waals surface area contributed by atoms with Gasteiger partial charge < -0.3 is 5.32 Å². The summed E-state index contributed by atoms with van der Waals surface area (Å²) in [5.41, 5.74) is 1.82. The van der Waals surface area contributed by atoms with Crippen molar-refractivity contribution in [3.8, 4) is 0 Å². The maximum Gasteiger partial charge on any atom is 0.183 e. The van der Waals surface area contributed by atoms with Crippen LogP contribution in [0.1, 0.15) is 11.1 Å². The van der Waals surface area contributed by atoms with Crippen molar-refractivity contribution in [3.63, 3.8) is 0 Å². The Morgan fingerprint density at radius 3 is 2.30 bits per heavy atom. The number of hydrogen-bond acceptors (Lipinski definition) is 5. The monoisotopic (exact) mass is 411 g/mol. The summed E-state index contributed by atoms with van der Waals surface area (Å²) in [5.74, 6) is -0.901. The van der Waals surface area contributed by atoms with Gasteiger partial charge in [0.25, 0.3) is 0 Å². The number of sulfone groups is 2. The highest BCUT2D eigenvalue weighted by atomic mass is 32.2. The lowest BCUT2D eigenvalue weighted by Gasteiger charge is -2.20. The number of halogens is 1. The van der Waals surface area contributed by atoms with Gasteiger partial charge in [-0.15, -0.1) is 0 Å². The van der Waals surface area contributed by atoms with Crippen LogP contribution in [0.25, 0.3) is 0 Å². The Morgan fingerprint density at radius 2 is 1.67 bits per heavy atom. The molecule has 2 aromatic carbocycles. The fraction of sp³-hybridized carbons (Fsp3) is 0.368. The summed E-state index contributed by atoms with van der Waals surface area (Å²) in [6, 6.07) is 11.8. The molecule has 1 N–H and O–H groups in total. The number of rotatable bonds is 6. The van der Waals surface area contributed by atoms with E-state index in [2.05, 4.69) is 5.32 Å². The van der Waals surface area contributed by atoms with Gasteiger partial charge >= 0.3 is 0 Å². The molecule has 2 atom stereocenters. The number of benzene rings is 2. The molecule has 3 rings (SSSR count). The van der Waals surface area contributed by atoms with Crippen LogP contribution in [0.2, 0.25) is 0 Å². The van der Waals surface area contributed by atoms with Crippen LogP contribution in [0.15, 0.2) is 53.4 Å². The maximum absolute atomic E-state index is 13.0. The van der Waals surface area contributed by atoms with Crippen LogP contribution in [-0.2, 0) is 26.1 Å². The molecule has 0 unspecified atom stereocenters. The first-order valence-electron chi connectivity index (χ1n) is 8.66. The van der Waals surface area contributed by atoms with E-state index in [9.17, 15) is 21.2 Å². The summed E-state index contributed by atoms with van der Waals surface area (Å²) >= 11 is 0. The smallest absolute Gasteiger partial charge is 0.183 e. The zero-order chi connectivity index (χ0) is 19.7. The highest BCUT2D eigenvalue weighted by Gasteiger charge is 2.45.